The number of unbranched alkanes of at least 4 members (excludes halogenated alkanes) is 1. The van der Waals surface area contributed by atoms with Gasteiger partial charge in [-0.05, 0) is 30.5 Å². The van der Waals surface area contributed by atoms with Crippen molar-refractivity contribution in [2.24, 2.45) is 0 Å². The molecule has 0 aliphatic carbocycles. The lowest BCUT2D eigenvalue weighted by Gasteiger charge is -2.07. The maximum absolute atomic E-state index is 11.4. The molecule has 0 unspecified atom stereocenters. The Kier molecular flexibility index (Phi) is 5.05. The van der Waals surface area contributed by atoms with Crippen LogP contribution in [0.25, 0.3) is 0 Å². The molecule has 0 saturated carbocycles. The predicted octanol–water partition coefficient (Wildman–Crippen LogP) is 2.88. The van der Waals surface area contributed by atoms with Crippen molar-refractivity contribution >= 4 is 39.5 Å². The smallest absolute Gasteiger partial charge is 0.207 e. The summed E-state index contributed by atoms with van der Waals surface area (Å²) in [5, 5.41) is 0. The molecular formula is C10H12Cl2O4S2. The molecular weight excluding hydrogens is 319 g/mol. The standard InChI is InChI=1S/C10H12Cl2O4S2/c1-2-3-4-8-5-6-9(17(11,13)14)7-10(8)18(12,15)16/h5-7H,2-4H2,1H3. The molecule has 0 spiro atoms. The van der Waals surface area contributed by atoms with Gasteiger partial charge in [0, 0.05) is 21.4 Å². The maximum Gasteiger partial charge on any atom is 0.261 e. The summed E-state index contributed by atoms with van der Waals surface area (Å²) < 4.78 is 45.2. The van der Waals surface area contributed by atoms with E-state index in [0.717, 1.165) is 18.9 Å². The van der Waals surface area contributed by atoms with E-state index in [-0.39, 0.29) is 9.79 Å². The zero-order valence-electron chi connectivity index (χ0n) is 9.56. The van der Waals surface area contributed by atoms with Crippen molar-refractivity contribution in [2.75, 3.05) is 0 Å². The highest BCUT2D eigenvalue weighted by molar-refractivity contribution is 8.14. The summed E-state index contributed by atoms with van der Waals surface area (Å²) in [7, 11) is 2.50. The van der Waals surface area contributed by atoms with Crippen molar-refractivity contribution in [1.29, 1.82) is 0 Å². The first-order valence-corrected chi connectivity index (χ1v) is 9.80. The Morgan fingerprint density at radius 2 is 1.67 bits per heavy atom. The van der Waals surface area contributed by atoms with Crippen LogP contribution in [0.3, 0.4) is 0 Å². The number of halogens is 2. The molecule has 0 fully saturated rings. The minimum atomic E-state index is -4.00. The second kappa shape index (κ2) is 5.77. The molecule has 0 heterocycles. The zero-order valence-corrected chi connectivity index (χ0v) is 12.7. The molecule has 1 aromatic rings. The van der Waals surface area contributed by atoms with Gasteiger partial charge < -0.3 is 0 Å². The molecule has 0 aromatic heterocycles. The molecule has 0 amide bonds. The summed E-state index contributed by atoms with van der Waals surface area (Å²) in [6.45, 7) is 1.96. The van der Waals surface area contributed by atoms with Gasteiger partial charge in [0.2, 0.25) is 0 Å². The first kappa shape index (κ1) is 15.8. The molecule has 0 aliphatic rings. The highest BCUT2D eigenvalue weighted by atomic mass is 35.7. The van der Waals surface area contributed by atoms with E-state index in [1.54, 1.807) is 0 Å². The fraction of sp³-hybridized carbons (Fsp3) is 0.400. The lowest BCUT2D eigenvalue weighted by Crippen LogP contribution is -2.01. The highest BCUT2D eigenvalue weighted by Crippen LogP contribution is 2.26. The molecule has 0 saturated heterocycles. The van der Waals surface area contributed by atoms with Crippen LogP contribution in [0.1, 0.15) is 25.3 Å². The molecule has 4 nitrogen and oxygen atoms in total. The third-order valence-corrected chi connectivity index (χ3v) is 5.14. The number of benzene rings is 1. The predicted molar refractivity (Wildman–Crippen MR) is 71.1 cm³/mol. The summed E-state index contributed by atoms with van der Waals surface area (Å²) in [6, 6.07) is 3.70. The van der Waals surface area contributed by atoms with E-state index in [2.05, 4.69) is 0 Å². The Morgan fingerprint density at radius 3 is 2.11 bits per heavy atom. The summed E-state index contributed by atoms with van der Waals surface area (Å²) in [5.74, 6) is 0. The molecule has 102 valence electrons. The summed E-state index contributed by atoms with van der Waals surface area (Å²) in [6.07, 6.45) is 2.18. The minimum absolute atomic E-state index is 0.195. The molecule has 0 radical (unpaired) electrons. The molecule has 0 N–H and O–H groups in total. The number of aryl methyl sites for hydroxylation is 1. The van der Waals surface area contributed by atoms with Gasteiger partial charge in [0.15, 0.2) is 0 Å². The van der Waals surface area contributed by atoms with Crippen LogP contribution in [0.5, 0.6) is 0 Å². The monoisotopic (exact) mass is 330 g/mol. The van der Waals surface area contributed by atoms with E-state index in [1.807, 2.05) is 6.92 Å². The molecule has 8 heteroatoms. The van der Waals surface area contributed by atoms with Crippen LogP contribution in [0.2, 0.25) is 0 Å². The molecule has 0 bridgehead atoms. The van der Waals surface area contributed by atoms with E-state index < -0.39 is 18.1 Å². The topological polar surface area (TPSA) is 68.3 Å². The normalized spacial score (nSPS) is 12.6. The third kappa shape index (κ3) is 4.12. The molecule has 0 atom stereocenters. The lowest BCUT2D eigenvalue weighted by atomic mass is 10.1. The van der Waals surface area contributed by atoms with Crippen LogP contribution in [0, 0.1) is 0 Å². The summed E-state index contributed by atoms with van der Waals surface area (Å²) in [4.78, 5) is -0.469. The van der Waals surface area contributed by atoms with Crippen LogP contribution < -0.4 is 0 Å². The first-order chi connectivity index (χ1) is 8.16. The maximum atomic E-state index is 11.4. The fourth-order valence-electron chi connectivity index (χ4n) is 1.49. The van der Waals surface area contributed by atoms with Gasteiger partial charge in [0.25, 0.3) is 18.1 Å². The van der Waals surface area contributed by atoms with Crippen molar-refractivity contribution in [2.45, 2.75) is 36.0 Å². The van der Waals surface area contributed by atoms with Gasteiger partial charge in [0.1, 0.15) is 0 Å². The Morgan fingerprint density at radius 1 is 1.06 bits per heavy atom. The Labute approximate surface area is 116 Å². The van der Waals surface area contributed by atoms with Gasteiger partial charge >= 0.3 is 0 Å². The fourth-order valence-corrected chi connectivity index (χ4v) is 3.52. The van der Waals surface area contributed by atoms with Crippen LogP contribution in [0.15, 0.2) is 28.0 Å². The van der Waals surface area contributed by atoms with Crippen LogP contribution >= 0.6 is 21.4 Å². The molecule has 18 heavy (non-hydrogen) atoms. The van der Waals surface area contributed by atoms with Crippen LogP contribution in [0.4, 0.5) is 0 Å². The Balaban J connectivity index is 3.40. The molecule has 1 rings (SSSR count). The van der Waals surface area contributed by atoms with E-state index >= 15 is 0 Å². The van der Waals surface area contributed by atoms with E-state index in [4.69, 9.17) is 21.4 Å². The lowest BCUT2D eigenvalue weighted by molar-refractivity contribution is 0.606. The third-order valence-electron chi connectivity index (χ3n) is 2.38. The van der Waals surface area contributed by atoms with E-state index in [0.29, 0.717) is 12.0 Å². The van der Waals surface area contributed by atoms with Gasteiger partial charge in [-0.1, -0.05) is 19.4 Å². The number of rotatable bonds is 5. The van der Waals surface area contributed by atoms with Crippen molar-refractivity contribution in [3.8, 4) is 0 Å². The molecule has 1 aromatic carbocycles. The highest BCUT2D eigenvalue weighted by Gasteiger charge is 2.20. The van der Waals surface area contributed by atoms with E-state index in [9.17, 15) is 16.8 Å². The quantitative estimate of drug-likeness (QED) is 0.778. The van der Waals surface area contributed by atoms with Crippen molar-refractivity contribution in [3.05, 3.63) is 23.8 Å². The van der Waals surface area contributed by atoms with Gasteiger partial charge in [-0.2, -0.15) is 0 Å². The summed E-state index contributed by atoms with van der Waals surface area (Å²) in [5.41, 5.74) is 0.496. The SMILES string of the molecule is CCCCc1ccc(S(=O)(=O)Cl)cc1S(=O)(=O)Cl. The number of hydrogen-bond donors (Lipinski definition) is 0. The largest absolute Gasteiger partial charge is 0.261 e. The van der Waals surface area contributed by atoms with E-state index in [1.165, 1.54) is 12.1 Å². The Hall–Kier alpha value is -0.300. The average molecular weight is 331 g/mol. The minimum Gasteiger partial charge on any atom is -0.207 e. The van der Waals surface area contributed by atoms with Crippen molar-refractivity contribution in [1.82, 2.24) is 0 Å². The van der Waals surface area contributed by atoms with Gasteiger partial charge in [-0.15, -0.1) is 0 Å². The van der Waals surface area contributed by atoms with Crippen molar-refractivity contribution < 1.29 is 16.8 Å². The van der Waals surface area contributed by atoms with Crippen LogP contribution in [-0.4, -0.2) is 16.8 Å². The van der Waals surface area contributed by atoms with Crippen LogP contribution in [-0.2, 0) is 24.5 Å². The van der Waals surface area contributed by atoms with Gasteiger partial charge in [-0.25, -0.2) is 16.8 Å². The van der Waals surface area contributed by atoms with Crippen molar-refractivity contribution in [3.63, 3.8) is 0 Å². The second-order valence-electron chi connectivity index (χ2n) is 3.75. The Bertz CT molecular complexity index is 636. The summed E-state index contributed by atoms with van der Waals surface area (Å²) >= 11 is 0. The van der Waals surface area contributed by atoms with Gasteiger partial charge in [0.05, 0.1) is 9.79 Å². The van der Waals surface area contributed by atoms with Gasteiger partial charge in [-0.3, -0.25) is 0 Å². The zero-order chi connectivity index (χ0) is 14.0. The first-order valence-electron chi connectivity index (χ1n) is 5.18. The number of hydrogen-bond acceptors (Lipinski definition) is 4. The average Bonchev–Trinajstić information content (AvgIpc) is 2.23. The second-order valence-corrected chi connectivity index (χ2v) is 8.85. The molecule has 0 aliphatic heterocycles.